The van der Waals surface area contributed by atoms with Crippen molar-refractivity contribution in [3.05, 3.63) is 16.6 Å². The Labute approximate surface area is 76.6 Å². The first-order valence-corrected chi connectivity index (χ1v) is 4.91. The number of rotatable bonds is 5. The molecule has 0 fully saturated rings. The van der Waals surface area contributed by atoms with E-state index in [1.165, 1.54) is 0 Å². The summed E-state index contributed by atoms with van der Waals surface area (Å²) in [5.41, 5.74) is 8.68. The summed E-state index contributed by atoms with van der Waals surface area (Å²) in [5.74, 6) is 0. The lowest BCUT2D eigenvalue weighted by molar-refractivity contribution is 0.190. The molecule has 0 saturated heterocycles. The van der Waals surface area contributed by atoms with Crippen LogP contribution in [0.25, 0.3) is 0 Å². The Morgan fingerprint density at radius 1 is 1.75 bits per heavy atom. The van der Waals surface area contributed by atoms with E-state index in [0.717, 1.165) is 25.1 Å². The highest BCUT2D eigenvalue weighted by atomic mass is 32.1. The molecule has 12 heavy (non-hydrogen) atoms. The second kappa shape index (κ2) is 5.24. The Kier molecular flexibility index (Phi) is 4.21. The fraction of sp³-hybridized carbons (Fsp3) is 0.625. The van der Waals surface area contributed by atoms with Gasteiger partial charge in [0.15, 0.2) is 0 Å². The van der Waals surface area contributed by atoms with E-state index in [1.54, 1.807) is 18.4 Å². The first-order chi connectivity index (χ1) is 5.84. The predicted molar refractivity (Wildman–Crippen MR) is 50.2 cm³/mol. The molecule has 1 heterocycles. The second-order valence-electron chi connectivity index (χ2n) is 2.65. The van der Waals surface area contributed by atoms with Crippen LogP contribution < -0.4 is 5.73 Å². The summed E-state index contributed by atoms with van der Waals surface area (Å²) in [6.45, 7) is 0.776. The first-order valence-electron chi connectivity index (χ1n) is 3.97. The lowest BCUT2D eigenvalue weighted by atomic mass is 10.1. The zero-order chi connectivity index (χ0) is 8.81. The van der Waals surface area contributed by atoms with Gasteiger partial charge < -0.3 is 10.5 Å². The van der Waals surface area contributed by atoms with Gasteiger partial charge in [0.25, 0.3) is 0 Å². The number of nitrogens with zero attached hydrogens (tertiary/aromatic N) is 1. The molecule has 0 spiro atoms. The van der Waals surface area contributed by atoms with Crippen molar-refractivity contribution in [3.8, 4) is 0 Å². The minimum atomic E-state index is 0.0754. The maximum absolute atomic E-state index is 5.87. The number of aromatic nitrogens is 1. The minimum Gasteiger partial charge on any atom is -0.385 e. The summed E-state index contributed by atoms with van der Waals surface area (Å²) in [6, 6.07) is 0.0754. The zero-order valence-corrected chi connectivity index (χ0v) is 8.01. The van der Waals surface area contributed by atoms with Crippen molar-refractivity contribution < 1.29 is 4.74 Å². The van der Waals surface area contributed by atoms with Crippen LogP contribution in [-0.2, 0) is 4.74 Å². The average Bonchev–Trinajstić information content (AvgIpc) is 2.56. The van der Waals surface area contributed by atoms with E-state index in [2.05, 4.69) is 4.98 Å². The standard InChI is InChI=1S/C8H14N2OS/c1-11-4-2-3-7(9)8-5-12-6-10-8/h5-7H,2-4,9H2,1H3. The van der Waals surface area contributed by atoms with Crippen LogP contribution in [0.1, 0.15) is 24.6 Å². The fourth-order valence-electron chi connectivity index (χ4n) is 1.00. The summed E-state index contributed by atoms with van der Waals surface area (Å²) < 4.78 is 4.94. The quantitative estimate of drug-likeness (QED) is 0.710. The number of thiazole rings is 1. The Morgan fingerprint density at radius 2 is 2.58 bits per heavy atom. The monoisotopic (exact) mass is 186 g/mol. The van der Waals surface area contributed by atoms with Crippen molar-refractivity contribution in [1.29, 1.82) is 0 Å². The maximum atomic E-state index is 5.87. The highest BCUT2D eigenvalue weighted by Crippen LogP contribution is 2.14. The fourth-order valence-corrected chi connectivity index (χ4v) is 1.62. The predicted octanol–water partition coefficient (Wildman–Crippen LogP) is 1.57. The van der Waals surface area contributed by atoms with Gasteiger partial charge in [-0.3, -0.25) is 0 Å². The molecule has 0 bridgehead atoms. The second-order valence-corrected chi connectivity index (χ2v) is 3.37. The molecule has 1 unspecified atom stereocenters. The molecule has 0 saturated carbocycles. The molecule has 3 nitrogen and oxygen atoms in total. The van der Waals surface area contributed by atoms with Gasteiger partial charge in [0.2, 0.25) is 0 Å². The summed E-state index contributed by atoms with van der Waals surface area (Å²) in [6.07, 6.45) is 1.94. The van der Waals surface area contributed by atoms with E-state index in [1.807, 2.05) is 10.9 Å². The third kappa shape index (κ3) is 2.89. The average molecular weight is 186 g/mol. The number of hydrogen-bond donors (Lipinski definition) is 1. The van der Waals surface area contributed by atoms with Gasteiger partial charge in [-0.25, -0.2) is 4.98 Å². The van der Waals surface area contributed by atoms with Crippen LogP contribution in [0.4, 0.5) is 0 Å². The van der Waals surface area contributed by atoms with Crippen LogP contribution in [0.3, 0.4) is 0 Å². The number of hydrogen-bond acceptors (Lipinski definition) is 4. The highest BCUT2D eigenvalue weighted by Gasteiger charge is 2.06. The largest absolute Gasteiger partial charge is 0.385 e. The minimum absolute atomic E-state index is 0.0754. The van der Waals surface area contributed by atoms with E-state index in [9.17, 15) is 0 Å². The Morgan fingerprint density at radius 3 is 3.17 bits per heavy atom. The van der Waals surface area contributed by atoms with Crippen LogP contribution in [0.15, 0.2) is 10.9 Å². The Balaban J connectivity index is 2.25. The molecule has 1 atom stereocenters. The van der Waals surface area contributed by atoms with Crippen molar-refractivity contribution in [2.75, 3.05) is 13.7 Å². The lowest BCUT2D eigenvalue weighted by Gasteiger charge is -2.07. The molecular weight excluding hydrogens is 172 g/mol. The van der Waals surface area contributed by atoms with E-state index in [0.29, 0.717) is 0 Å². The van der Waals surface area contributed by atoms with E-state index in [4.69, 9.17) is 10.5 Å². The smallest absolute Gasteiger partial charge is 0.0795 e. The topological polar surface area (TPSA) is 48.1 Å². The molecule has 0 aliphatic heterocycles. The summed E-state index contributed by atoms with van der Waals surface area (Å²) in [5, 5.41) is 2.00. The van der Waals surface area contributed by atoms with Crippen molar-refractivity contribution in [2.45, 2.75) is 18.9 Å². The van der Waals surface area contributed by atoms with E-state index < -0.39 is 0 Å². The highest BCUT2D eigenvalue weighted by molar-refractivity contribution is 7.07. The van der Waals surface area contributed by atoms with Crippen LogP contribution in [0.5, 0.6) is 0 Å². The molecular formula is C8H14N2OS. The Bertz CT molecular complexity index is 201. The van der Waals surface area contributed by atoms with E-state index in [-0.39, 0.29) is 6.04 Å². The zero-order valence-electron chi connectivity index (χ0n) is 7.19. The third-order valence-electron chi connectivity index (χ3n) is 1.69. The van der Waals surface area contributed by atoms with Gasteiger partial charge in [0.05, 0.1) is 11.2 Å². The summed E-state index contributed by atoms with van der Waals surface area (Å²) in [4.78, 5) is 4.15. The first kappa shape index (κ1) is 9.64. The van der Waals surface area contributed by atoms with Gasteiger partial charge in [0.1, 0.15) is 0 Å². The maximum Gasteiger partial charge on any atom is 0.0795 e. The van der Waals surface area contributed by atoms with Gasteiger partial charge in [0, 0.05) is 25.1 Å². The molecule has 1 rings (SSSR count). The summed E-state index contributed by atoms with van der Waals surface area (Å²) in [7, 11) is 1.70. The van der Waals surface area contributed by atoms with E-state index >= 15 is 0 Å². The molecule has 1 aromatic rings. The molecule has 0 aliphatic rings. The molecule has 0 radical (unpaired) electrons. The van der Waals surface area contributed by atoms with Crippen LogP contribution in [0.2, 0.25) is 0 Å². The number of methoxy groups -OCH3 is 1. The molecule has 0 aromatic carbocycles. The van der Waals surface area contributed by atoms with Gasteiger partial charge in [-0.2, -0.15) is 0 Å². The van der Waals surface area contributed by atoms with Gasteiger partial charge in [-0.1, -0.05) is 0 Å². The molecule has 0 aliphatic carbocycles. The molecule has 0 amide bonds. The SMILES string of the molecule is COCCCC(N)c1cscn1. The third-order valence-corrected chi connectivity index (χ3v) is 2.30. The number of nitrogens with two attached hydrogens (primary N) is 1. The van der Waals surface area contributed by atoms with Gasteiger partial charge >= 0.3 is 0 Å². The molecule has 4 heteroatoms. The van der Waals surface area contributed by atoms with Crippen molar-refractivity contribution in [3.63, 3.8) is 0 Å². The summed E-state index contributed by atoms with van der Waals surface area (Å²) >= 11 is 1.58. The van der Waals surface area contributed by atoms with Gasteiger partial charge in [-0.05, 0) is 12.8 Å². The van der Waals surface area contributed by atoms with Crippen molar-refractivity contribution in [1.82, 2.24) is 4.98 Å². The number of ether oxygens (including phenoxy) is 1. The molecule has 2 N–H and O–H groups in total. The molecule has 1 aromatic heterocycles. The van der Waals surface area contributed by atoms with Crippen LogP contribution in [-0.4, -0.2) is 18.7 Å². The van der Waals surface area contributed by atoms with Crippen LogP contribution >= 0.6 is 11.3 Å². The van der Waals surface area contributed by atoms with Crippen molar-refractivity contribution in [2.24, 2.45) is 5.73 Å². The van der Waals surface area contributed by atoms with Gasteiger partial charge in [-0.15, -0.1) is 11.3 Å². The Hall–Kier alpha value is -0.450. The normalized spacial score (nSPS) is 13.2. The molecule has 68 valence electrons. The van der Waals surface area contributed by atoms with Crippen molar-refractivity contribution >= 4 is 11.3 Å². The lowest BCUT2D eigenvalue weighted by Crippen LogP contribution is -2.11. The van der Waals surface area contributed by atoms with Crippen LogP contribution in [0, 0.1) is 0 Å².